The van der Waals surface area contributed by atoms with Gasteiger partial charge in [0.2, 0.25) is 10.0 Å². The summed E-state index contributed by atoms with van der Waals surface area (Å²) in [5.41, 5.74) is 0.715. The van der Waals surface area contributed by atoms with Crippen LogP contribution in [0.2, 0.25) is 10.0 Å². The Bertz CT molecular complexity index is 601. The lowest BCUT2D eigenvalue weighted by molar-refractivity contribution is 0.578. The molecule has 0 spiro atoms. The third kappa shape index (κ3) is 4.83. The third-order valence-electron chi connectivity index (χ3n) is 3.35. The number of benzene rings is 1. The van der Waals surface area contributed by atoms with E-state index in [0.717, 1.165) is 25.7 Å². The van der Waals surface area contributed by atoms with Gasteiger partial charge in [-0.05, 0) is 37.0 Å². The first-order valence-corrected chi connectivity index (χ1v) is 9.39. The van der Waals surface area contributed by atoms with Crippen LogP contribution in [0.15, 0.2) is 17.0 Å². The normalized spacial score (nSPS) is 15.4. The summed E-state index contributed by atoms with van der Waals surface area (Å²) in [5, 5.41) is 3.94. The number of unbranched alkanes of at least 4 members (excludes halogenated alkanes) is 1. The lowest BCUT2D eigenvalue weighted by Gasteiger charge is -2.13. The molecule has 1 fully saturated rings. The molecular weight excluding hydrogens is 331 g/mol. The van der Waals surface area contributed by atoms with Gasteiger partial charge in [0.05, 0.1) is 5.02 Å². The summed E-state index contributed by atoms with van der Waals surface area (Å²) >= 11 is 12.3. The molecule has 7 heteroatoms. The molecule has 0 atom stereocenters. The molecule has 1 saturated carbocycles. The average molecular weight is 351 g/mol. The first-order valence-electron chi connectivity index (χ1n) is 7.15. The highest BCUT2D eigenvalue weighted by Gasteiger charge is 2.23. The Morgan fingerprint density at radius 3 is 2.62 bits per heavy atom. The van der Waals surface area contributed by atoms with Crippen molar-refractivity contribution in [1.82, 2.24) is 10.0 Å². The summed E-state index contributed by atoms with van der Waals surface area (Å²) in [6, 6.07) is 3.63. The van der Waals surface area contributed by atoms with Crippen molar-refractivity contribution in [3.8, 4) is 0 Å². The molecule has 2 N–H and O–H groups in total. The maximum Gasteiger partial charge on any atom is 0.242 e. The van der Waals surface area contributed by atoms with E-state index in [1.807, 2.05) is 6.92 Å². The van der Waals surface area contributed by atoms with Crippen LogP contribution in [0, 0.1) is 0 Å². The van der Waals surface area contributed by atoms with E-state index in [-0.39, 0.29) is 9.92 Å². The second-order valence-electron chi connectivity index (χ2n) is 5.28. The van der Waals surface area contributed by atoms with E-state index in [4.69, 9.17) is 23.2 Å². The first-order chi connectivity index (χ1) is 9.94. The molecule has 0 radical (unpaired) electrons. The van der Waals surface area contributed by atoms with Crippen molar-refractivity contribution < 1.29 is 8.42 Å². The van der Waals surface area contributed by atoms with Crippen LogP contribution in [0.5, 0.6) is 0 Å². The maximum absolute atomic E-state index is 12.3. The van der Waals surface area contributed by atoms with Gasteiger partial charge in [0.15, 0.2) is 0 Å². The van der Waals surface area contributed by atoms with Gasteiger partial charge in [-0.2, -0.15) is 0 Å². The smallest absolute Gasteiger partial charge is 0.242 e. The summed E-state index contributed by atoms with van der Waals surface area (Å²) in [6.45, 7) is 2.93. The SMILES string of the molecule is CCCCNS(=O)(=O)c1cc(Cl)cc(CNC2CC2)c1Cl. The number of rotatable bonds is 8. The second-order valence-corrected chi connectivity index (χ2v) is 7.83. The first kappa shape index (κ1) is 17.0. The molecule has 21 heavy (non-hydrogen) atoms. The van der Waals surface area contributed by atoms with Gasteiger partial charge in [-0.25, -0.2) is 13.1 Å². The van der Waals surface area contributed by atoms with Gasteiger partial charge in [-0.1, -0.05) is 36.5 Å². The highest BCUT2D eigenvalue weighted by Crippen LogP contribution is 2.30. The zero-order valence-corrected chi connectivity index (χ0v) is 14.3. The van der Waals surface area contributed by atoms with E-state index < -0.39 is 10.0 Å². The predicted molar refractivity (Wildman–Crippen MR) is 86.4 cm³/mol. The van der Waals surface area contributed by atoms with Crippen LogP contribution < -0.4 is 10.0 Å². The van der Waals surface area contributed by atoms with Crippen molar-refractivity contribution in [3.05, 3.63) is 27.7 Å². The molecule has 4 nitrogen and oxygen atoms in total. The molecule has 0 unspecified atom stereocenters. The lowest BCUT2D eigenvalue weighted by Crippen LogP contribution is -2.25. The van der Waals surface area contributed by atoms with Crippen LogP contribution in [0.4, 0.5) is 0 Å². The molecule has 0 saturated heterocycles. The Hall–Kier alpha value is -0.330. The molecule has 1 aliphatic rings. The molecule has 0 bridgehead atoms. The van der Waals surface area contributed by atoms with E-state index in [0.29, 0.717) is 29.7 Å². The van der Waals surface area contributed by atoms with Gasteiger partial charge >= 0.3 is 0 Å². The van der Waals surface area contributed by atoms with Crippen molar-refractivity contribution in [2.45, 2.75) is 50.1 Å². The van der Waals surface area contributed by atoms with Gasteiger partial charge in [0.25, 0.3) is 0 Å². The molecule has 0 aromatic heterocycles. The fourth-order valence-corrected chi connectivity index (χ4v) is 3.95. The Balaban J connectivity index is 2.20. The standard InChI is InChI=1S/C14H20Cl2N2O2S/c1-2-3-6-18-21(19,20)13-8-11(15)7-10(14(13)16)9-17-12-4-5-12/h7-8,12,17-18H,2-6,9H2,1H3. The zero-order valence-electron chi connectivity index (χ0n) is 12.0. The summed E-state index contributed by atoms with van der Waals surface area (Å²) in [4.78, 5) is 0.0559. The fourth-order valence-electron chi connectivity index (χ4n) is 1.95. The topological polar surface area (TPSA) is 58.2 Å². The van der Waals surface area contributed by atoms with Gasteiger partial charge in [0.1, 0.15) is 4.90 Å². The number of hydrogen-bond donors (Lipinski definition) is 2. The van der Waals surface area contributed by atoms with E-state index in [1.165, 1.54) is 6.07 Å². The number of halogens is 2. The molecule has 2 rings (SSSR count). The zero-order chi connectivity index (χ0) is 15.5. The Morgan fingerprint density at radius 2 is 2.00 bits per heavy atom. The summed E-state index contributed by atoms with van der Waals surface area (Å²) in [6.07, 6.45) is 4.01. The minimum atomic E-state index is -3.63. The van der Waals surface area contributed by atoms with Crippen molar-refractivity contribution in [2.24, 2.45) is 0 Å². The molecule has 1 aromatic carbocycles. The number of hydrogen-bond acceptors (Lipinski definition) is 3. The molecule has 0 aliphatic heterocycles. The fraction of sp³-hybridized carbons (Fsp3) is 0.571. The summed E-state index contributed by atoms with van der Waals surface area (Å²) in [7, 11) is -3.63. The minimum Gasteiger partial charge on any atom is -0.310 e. The van der Waals surface area contributed by atoms with Crippen LogP contribution in [0.3, 0.4) is 0 Å². The largest absolute Gasteiger partial charge is 0.310 e. The van der Waals surface area contributed by atoms with Crippen LogP contribution in [0.25, 0.3) is 0 Å². The Labute approximate surface area is 136 Å². The van der Waals surface area contributed by atoms with Crippen LogP contribution in [-0.2, 0) is 16.6 Å². The highest BCUT2D eigenvalue weighted by molar-refractivity contribution is 7.89. The average Bonchev–Trinajstić information content (AvgIpc) is 3.23. The van der Waals surface area contributed by atoms with E-state index in [9.17, 15) is 8.42 Å². The molecule has 0 amide bonds. The van der Waals surface area contributed by atoms with E-state index in [2.05, 4.69) is 10.0 Å². The van der Waals surface area contributed by atoms with Crippen molar-refractivity contribution in [2.75, 3.05) is 6.54 Å². The van der Waals surface area contributed by atoms with Crippen molar-refractivity contribution >= 4 is 33.2 Å². The van der Waals surface area contributed by atoms with Crippen LogP contribution in [-0.4, -0.2) is 21.0 Å². The monoisotopic (exact) mass is 350 g/mol. The molecule has 1 aliphatic carbocycles. The molecule has 1 aromatic rings. The van der Waals surface area contributed by atoms with Crippen molar-refractivity contribution in [1.29, 1.82) is 0 Å². The second kappa shape index (κ2) is 7.29. The van der Waals surface area contributed by atoms with Gasteiger partial charge in [-0.3, -0.25) is 0 Å². The molecular formula is C14H20Cl2N2O2S. The molecule has 118 valence electrons. The van der Waals surface area contributed by atoms with Gasteiger partial charge in [-0.15, -0.1) is 0 Å². The molecule has 0 heterocycles. The highest BCUT2D eigenvalue weighted by atomic mass is 35.5. The Morgan fingerprint density at radius 1 is 1.29 bits per heavy atom. The van der Waals surface area contributed by atoms with Crippen LogP contribution >= 0.6 is 23.2 Å². The summed E-state index contributed by atoms with van der Waals surface area (Å²) in [5.74, 6) is 0. The predicted octanol–water partition coefficient (Wildman–Crippen LogP) is 3.32. The Kier molecular flexibility index (Phi) is 5.91. The van der Waals surface area contributed by atoms with Crippen molar-refractivity contribution in [3.63, 3.8) is 0 Å². The number of nitrogens with one attached hydrogen (secondary N) is 2. The van der Waals surface area contributed by atoms with Crippen LogP contribution in [0.1, 0.15) is 38.2 Å². The lowest BCUT2D eigenvalue weighted by atomic mass is 10.2. The third-order valence-corrected chi connectivity index (χ3v) is 5.61. The van der Waals surface area contributed by atoms with Gasteiger partial charge < -0.3 is 5.32 Å². The quantitative estimate of drug-likeness (QED) is 0.707. The van der Waals surface area contributed by atoms with E-state index >= 15 is 0 Å². The maximum atomic E-state index is 12.3. The summed E-state index contributed by atoms with van der Waals surface area (Å²) < 4.78 is 27.2. The van der Waals surface area contributed by atoms with Gasteiger partial charge in [0, 0.05) is 24.2 Å². The minimum absolute atomic E-state index is 0.0559. The number of sulfonamides is 1. The van der Waals surface area contributed by atoms with E-state index in [1.54, 1.807) is 6.07 Å².